The number of piperazine rings is 2. The minimum atomic E-state index is -3.46. The Morgan fingerprint density at radius 3 is 2.26 bits per heavy atom. The van der Waals surface area contributed by atoms with E-state index >= 15 is 0 Å². The van der Waals surface area contributed by atoms with Gasteiger partial charge in [0, 0.05) is 70.2 Å². The van der Waals surface area contributed by atoms with Crippen LogP contribution in [0.5, 0.6) is 0 Å². The molecule has 31 heavy (non-hydrogen) atoms. The van der Waals surface area contributed by atoms with Crippen molar-refractivity contribution in [2.75, 3.05) is 59.4 Å². The summed E-state index contributed by atoms with van der Waals surface area (Å²) in [6.45, 7) is 7.91. The SMILES string of the molecule is Cc1nc2ncnn2c(C)c1CCC(=O)N1CCN(S(=O)(=O)N2CCN(C)CC2)CC1. The van der Waals surface area contributed by atoms with Gasteiger partial charge in [-0.15, -0.1) is 0 Å². The fourth-order valence-electron chi connectivity index (χ4n) is 4.26. The first-order valence-electron chi connectivity index (χ1n) is 10.6. The van der Waals surface area contributed by atoms with Crippen LogP contribution in [0.2, 0.25) is 0 Å². The van der Waals surface area contributed by atoms with E-state index in [9.17, 15) is 13.2 Å². The van der Waals surface area contributed by atoms with E-state index in [1.165, 1.54) is 10.6 Å². The first-order chi connectivity index (χ1) is 14.8. The van der Waals surface area contributed by atoms with Crippen LogP contribution in [0.25, 0.3) is 5.78 Å². The lowest BCUT2D eigenvalue weighted by Gasteiger charge is -2.39. The van der Waals surface area contributed by atoms with Crippen LogP contribution in [0.4, 0.5) is 0 Å². The first kappa shape index (κ1) is 22.1. The molecule has 0 N–H and O–H groups in total. The highest BCUT2D eigenvalue weighted by Crippen LogP contribution is 2.18. The lowest BCUT2D eigenvalue weighted by atomic mass is 10.1. The van der Waals surface area contributed by atoms with Gasteiger partial charge in [-0.1, -0.05) is 0 Å². The summed E-state index contributed by atoms with van der Waals surface area (Å²) < 4.78 is 30.6. The molecule has 0 atom stereocenters. The molecule has 0 bridgehead atoms. The van der Waals surface area contributed by atoms with Crippen LogP contribution < -0.4 is 0 Å². The van der Waals surface area contributed by atoms with Crippen molar-refractivity contribution in [2.24, 2.45) is 0 Å². The molecular weight excluding hydrogens is 420 g/mol. The van der Waals surface area contributed by atoms with Crippen molar-refractivity contribution in [2.45, 2.75) is 26.7 Å². The average molecular weight is 451 g/mol. The van der Waals surface area contributed by atoms with Crippen molar-refractivity contribution < 1.29 is 13.2 Å². The highest BCUT2D eigenvalue weighted by molar-refractivity contribution is 7.86. The topological polar surface area (TPSA) is 107 Å². The second-order valence-corrected chi connectivity index (χ2v) is 10.2. The summed E-state index contributed by atoms with van der Waals surface area (Å²) in [4.78, 5) is 25.3. The number of amides is 1. The van der Waals surface area contributed by atoms with Crippen LogP contribution in [-0.4, -0.2) is 112 Å². The molecule has 0 aromatic carbocycles. The van der Waals surface area contributed by atoms with Gasteiger partial charge in [0.05, 0.1) is 0 Å². The Bertz CT molecular complexity index is 1050. The summed E-state index contributed by atoms with van der Waals surface area (Å²) >= 11 is 0. The average Bonchev–Trinajstić information content (AvgIpc) is 3.22. The summed E-state index contributed by atoms with van der Waals surface area (Å²) in [6.07, 6.45) is 2.40. The predicted octanol–water partition coefficient (Wildman–Crippen LogP) is -0.690. The van der Waals surface area contributed by atoms with Crippen molar-refractivity contribution in [1.29, 1.82) is 0 Å². The van der Waals surface area contributed by atoms with Crippen LogP contribution >= 0.6 is 0 Å². The number of nitrogens with zero attached hydrogens (tertiary/aromatic N) is 8. The molecule has 4 heterocycles. The molecule has 4 rings (SSSR count). The van der Waals surface area contributed by atoms with Crippen molar-refractivity contribution in [3.63, 3.8) is 0 Å². The minimum Gasteiger partial charge on any atom is -0.340 e. The van der Waals surface area contributed by atoms with Gasteiger partial charge in [0.25, 0.3) is 16.0 Å². The summed E-state index contributed by atoms with van der Waals surface area (Å²) in [6, 6.07) is 0. The standard InChI is InChI=1S/C19H30N8O3S/c1-15-17(16(2)27-19(22-15)20-14-21-27)4-5-18(28)24-8-12-26(13-9-24)31(29,30)25-10-6-23(3)7-11-25/h14H,4-13H2,1-3H3. The fraction of sp³-hybridized carbons (Fsp3) is 0.684. The highest BCUT2D eigenvalue weighted by atomic mass is 32.2. The maximum Gasteiger partial charge on any atom is 0.282 e. The Morgan fingerprint density at radius 1 is 1.00 bits per heavy atom. The Balaban J connectivity index is 1.33. The zero-order chi connectivity index (χ0) is 22.2. The molecular formula is C19H30N8O3S. The first-order valence-corrected chi connectivity index (χ1v) is 12.0. The number of fused-ring (bicyclic) bond motifs is 1. The Hall–Kier alpha value is -2.15. The molecule has 2 aromatic rings. The summed E-state index contributed by atoms with van der Waals surface area (Å²) in [5.74, 6) is 0.594. The van der Waals surface area contributed by atoms with Crippen molar-refractivity contribution in [1.82, 2.24) is 38.0 Å². The van der Waals surface area contributed by atoms with Gasteiger partial charge in [0.15, 0.2) is 0 Å². The van der Waals surface area contributed by atoms with E-state index < -0.39 is 10.2 Å². The van der Waals surface area contributed by atoms with Gasteiger partial charge < -0.3 is 9.80 Å². The molecule has 0 aliphatic carbocycles. The van der Waals surface area contributed by atoms with Crippen LogP contribution in [0.1, 0.15) is 23.4 Å². The number of aromatic nitrogens is 4. The van der Waals surface area contributed by atoms with E-state index in [1.807, 2.05) is 20.9 Å². The zero-order valence-electron chi connectivity index (χ0n) is 18.4. The molecule has 0 spiro atoms. The molecule has 170 valence electrons. The number of hydrogen-bond donors (Lipinski definition) is 0. The monoisotopic (exact) mass is 450 g/mol. The molecule has 2 saturated heterocycles. The van der Waals surface area contributed by atoms with Gasteiger partial charge in [-0.25, -0.2) is 9.50 Å². The summed E-state index contributed by atoms with van der Waals surface area (Å²) in [7, 11) is -1.46. The van der Waals surface area contributed by atoms with E-state index in [4.69, 9.17) is 0 Å². The number of carbonyl (C=O) groups is 1. The second-order valence-electron chi connectivity index (χ2n) is 8.22. The largest absolute Gasteiger partial charge is 0.340 e. The summed E-state index contributed by atoms with van der Waals surface area (Å²) in [5, 5.41) is 4.19. The third-order valence-electron chi connectivity index (χ3n) is 6.28. The number of likely N-dealkylation sites (N-methyl/N-ethyl adjacent to an activating group) is 1. The molecule has 0 radical (unpaired) electrons. The highest BCUT2D eigenvalue weighted by Gasteiger charge is 2.34. The molecule has 2 aliphatic rings. The molecule has 2 fully saturated rings. The normalized spacial score (nSPS) is 19.9. The van der Waals surface area contributed by atoms with Crippen LogP contribution in [-0.2, 0) is 21.4 Å². The quantitative estimate of drug-likeness (QED) is 0.593. The van der Waals surface area contributed by atoms with Crippen molar-refractivity contribution >= 4 is 21.9 Å². The van der Waals surface area contributed by atoms with E-state index in [0.29, 0.717) is 57.9 Å². The molecule has 1 amide bonds. The fourth-order valence-corrected chi connectivity index (χ4v) is 5.83. The van der Waals surface area contributed by atoms with E-state index in [0.717, 1.165) is 30.0 Å². The van der Waals surface area contributed by atoms with E-state index in [1.54, 1.807) is 13.7 Å². The lowest BCUT2D eigenvalue weighted by molar-refractivity contribution is -0.132. The summed E-state index contributed by atoms with van der Waals surface area (Å²) in [5.41, 5.74) is 2.80. The third-order valence-corrected chi connectivity index (χ3v) is 8.32. The number of hydrogen-bond acceptors (Lipinski definition) is 7. The lowest BCUT2D eigenvalue weighted by Crippen LogP contribution is -2.57. The van der Waals surface area contributed by atoms with Gasteiger partial charge in [0.1, 0.15) is 6.33 Å². The van der Waals surface area contributed by atoms with Crippen LogP contribution in [0.15, 0.2) is 6.33 Å². The Labute approximate surface area is 182 Å². The molecule has 12 heteroatoms. The van der Waals surface area contributed by atoms with E-state index in [2.05, 4.69) is 20.0 Å². The minimum absolute atomic E-state index is 0.0362. The molecule has 0 saturated carbocycles. The second kappa shape index (κ2) is 8.77. The number of rotatable bonds is 5. The van der Waals surface area contributed by atoms with Crippen molar-refractivity contribution in [3.05, 3.63) is 23.3 Å². The smallest absolute Gasteiger partial charge is 0.282 e. The molecule has 0 unspecified atom stereocenters. The van der Waals surface area contributed by atoms with Gasteiger partial charge in [0.2, 0.25) is 5.91 Å². The van der Waals surface area contributed by atoms with E-state index in [-0.39, 0.29) is 5.91 Å². The third kappa shape index (κ3) is 4.43. The molecule has 2 aliphatic heterocycles. The number of carbonyl (C=O) groups excluding carboxylic acids is 1. The van der Waals surface area contributed by atoms with Gasteiger partial charge in [-0.05, 0) is 32.9 Å². The maximum atomic E-state index is 12.9. The van der Waals surface area contributed by atoms with Gasteiger partial charge in [-0.2, -0.15) is 27.1 Å². The number of aryl methyl sites for hydroxylation is 2. The van der Waals surface area contributed by atoms with Gasteiger partial charge >= 0.3 is 0 Å². The Kier molecular flexibility index (Phi) is 6.24. The van der Waals surface area contributed by atoms with Gasteiger partial charge in [-0.3, -0.25) is 4.79 Å². The van der Waals surface area contributed by atoms with Crippen LogP contribution in [0, 0.1) is 13.8 Å². The van der Waals surface area contributed by atoms with Crippen molar-refractivity contribution in [3.8, 4) is 0 Å². The Morgan fingerprint density at radius 2 is 1.61 bits per heavy atom. The maximum absolute atomic E-state index is 12.9. The zero-order valence-corrected chi connectivity index (χ0v) is 19.2. The predicted molar refractivity (Wildman–Crippen MR) is 115 cm³/mol. The van der Waals surface area contributed by atoms with Crippen LogP contribution in [0.3, 0.4) is 0 Å². The molecule has 2 aromatic heterocycles. The molecule has 11 nitrogen and oxygen atoms in total.